The second kappa shape index (κ2) is 8.40. The van der Waals surface area contributed by atoms with E-state index >= 15 is 0 Å². The zero-order valence-corrected chi connectivity index (χ0v) is 15.5. The van der Waals surface area contributed by atoms with Gasteiger partial charge in [0.05, 0.1) is 0 Å². The molecule has 0 unspecified atom stereocenters. The van der Waals surface area contributed by atoms with Gasteiger partial charge in [-0.2, -0.15) is 0 Å². The van der Waals surface area contributed by atoms with Crippen molar-refractivity contribution in [3.63, 3.8) is 0 Å². The molecule has 0 amide bonds. The molecular weight excluding hydrogens is 337 g/mol. The van der Waals surface area contributed by atoms with Crippen LogP contribution in [0.25, 0.3) is 32.3 Å². The molecule has 0 saturated carbocycles. The Kier molecular flexibility index (Phi) is 5.96. The molecule has 0 heterocycles. The van der Waals surface area contributed by atoms with Gasteiger partial charge in [0.2, 0.25) is 0 Å². The van der Waals surface area contributed by atoms with Crippen molar-refractivity contribution in [1.29, 1.82) is 0 Å². The van der Waals surface area contributed by atoms with Gasteiger partial charge in [-0.05, 0) is 51.6 Å². The van der Waals surface area contributed by atoms with E-state index in [1.54, 1.807) is 0 Å². The molecule has 0 fully saturated rings. The zero-order chi connectivity index (χ0) is 17.9. The number of benzene rings is 4. The average Bonchev–Trinajstić information content (AvgIpc) is 2.66. The molecule has 0 aliphatic rings. The highest BCUT2D eigenvalue weighted by Gasteiger charge is 2.20. The van der Waals surface area contributed by atoms with Gasteiger partial charge in [0.1, 0.15) is 5.75 Å². The first-order valence-corrected chi connectivity index (χ1v) is 9.07. The van der Waals surface area contributed by atoms with Crippen LogP contribution in [0.2, 0.25) is 0 Å². The normalized spacial score (nSPS) is 10.9. The Morgan fingerprint density at radius 1 is 0.852 bits per heavy atom. The Morgan fingerprint density at radius 3 is 2.33 bits per heavy atom. The molecule has 4 rings (SSSR count). The van der Waals surface area contributed by atoms with Crippen LogP contribution in [0.5, 0.6) is 5.75 Å². The molecule has 27 heavy (non-hydrogen) atoms. The van der Waals surface area contributed by atoms with Crippen molar-refractivity contribution in [1.82, 2.24) is 6.15 Å². The minimum Gasteiger partial charge on any atom is -0.511 e. The molecule has 138 valence electrons. The lowest BCUT2D eigenvalue weighted by molar-refractivity contribution is 0.191. The van der Waals surface area contributed by atoms with Crippen molar-refractivity contribution < 1.29 is 14.3 Å². The molecule has 0 spiro atoms. The Labute approximate surface area is 159 Å². The Morgan fingerprint density at radius 2 is 1.56 bits per heavy atom. The van der Waals surface area contributed by atoms with Gasteiger partial charge in [0, 0.05) is 12.0 Å². The third kappa shape index (κ3) is 3.90. The van der Waals surface area contributed by atoms with E-state index in [9.17, 15) is 5.02 Å². The van der Waals surface area contributed by atoms with Crippen LogP contribution >= 0.6 is 0 Å². The third-order valence-corrected chi connectivity index (χ3v) is 4.67. The quantitative estimate of drug-likeness (QED) is 0.206. The molecule has 4 aromatic carbocycles. The summed E-state index contributed by atoms with van der Waals surface area (Å²) < 4.78 is 11.1. The van der Waals surface area contributed by atoms with E-state index in [4.69, 9.17) is 9.31 Å². The van der Waals surface area contributed by atoms with Crippen molar-refractivity contribution in [2.45, 2.75) is 19.8 Å². The molecular formula is C22H24BNO3. The summed E-state index contributed by atoms with van der Waals surface area (Å²) in [5.41, 5.74) is 0. The van der Waals surface area contributed by atoms with Gasteiger partial charge in [-0.3, -0.25) is 0 Å². The molecule has 4 nitrogen and oxygen atoms in total. The van der Waals surface area contributed by atoms with E-state index in [0.29, 0.717) is 12.4 Å². The van der Waals surface area contributed by atoms with Gasteiger partial charge in [-0.25, -0.2) is 0 Å². The highest BCUT2D eigenvalue weighted by Crippen LogP contribution is 2.35. The predicted molar refractivity (Wildman–Crippen MR) is 113 cm³/mol. The van der Waals surface area contributed by atoms with E-state index < -0.39 is 7.32 Å². The molecule has 5 heteroatoms. The molecule has 4 aromatic rings. The Bertz CT molecular complexity index is 1070. The average molecular weight is 361 g/mol. The summed E-state index contributed by atoms with van der Waals surface area (Å²) >= 11 is 0. The first-order valence-electron chi connectivity index (χ1n) is 9.07. The van der Waals surface area contributed by atoms with Gasteiger partial charge in [-0.15, -0.1) is 0 Å². The number of rotatable bonds is 6. The summed E-state index contributed by atoms with van der Waals surface area (Å²) in [6, 6.07) is 22.8. The molecule has 0 aliphatic carbocycles. The Balaban J connectivity index is 0.00000210. The van der Waals surface area contributed by atoms with Crippen LogP contribution < -0.4 is 10.8 Å². The summed E-state index contributed by atoms with van der Waals surface area (Å²) in [5.74, 6) is 0.632. The molecule has 0 radical (unpaired) electrons. The van der Waals surface area contributed by atoms with E-state index in [1.165, 1.54) is 10.8 Å². The zero-order valence-electron chi connectivity index (χ0n) is 15.5. The van der Waals surface area contributed by atoms with Crippen LogP contribution in [0.15, 0.2) is 66.7 Å². The summed E-state index contributed by atoms with van der Waals surface area (Å²) in [5, 5.41) is 16.8. The van der Waals surface area contributed by atoms with Gasteiger partial charge in [0.15, 0.2) is 0 Å². The largest absolute Gasteiger partial charge is 0.710 e. The minimum absolute atomic E-state index is 0. The SMILES string of the molecule is CCCCOB(O)Oc1cccc2ccc3cc4ccccc4cc3c12.N. The van der Waals surface area contributed by atoms with E-state index in [0.717, 1.165) is 34.4 Å². The highest BCUT2D eigenvalue weighted by molar-refractivity contribution is 6.36. The van der Waals surface area contributed by atoms with Crippen molar-refractivity contribution in [3.8, 4) is 5.75 Å². The van der Waals surface area contributed by atoms with Crippen LogP contribution in [0.4, 0.5) is 0 Å². The second-order valence-corrected chi connectivity index (χ2v) is 6.49. The monoisotopic (exact) mass is 361 g/mol. The Hall–Kier alpha value is -2.60. The van der Waals surface area contributed by atoms with Gasteiger partial charge < -0.3 is 20.5 Å². The predicted octanol–water partition coefficient (Wildman–Crippen LogP) is 5.48. The van der Waals surface area contributed by atoms with Crippen LogP contribution in [-0.2, 0) is 4.65 Å². The fourth-order valence-electron chi connectivity index (χ4n) is 3.34. The first kappa shape index (κ1) is 19.2. The molecule has 0 aliphatic heterocycles. The smallest absolute Gasteiger partial charge is 0.511 e. The lowest BCUT2D eigenvalue weighted by atomic mass is 9.97. The molecule has 4 N–H and O–H groups in total. The van der Waals surface area contributed by atoms with Crippen molar-refractivity contribution >= 4 is 39.6 Å². The maximum absolute atomic E-state index is 10.1. The fraction of sp³-hybridized carbons (Fsp3) is 0.182. The van der Waals surface area contributed by atoms with Crippen LogP contribution in [0.1, 0.15) is 19.8 Å². The number of unbranched alkanes of at least 4 members (excludes halogenated alkanes) is 1. The van der Waals surface area contributed by atoms with Gasteiger partial charge in [-0.1, -0.05) is 61.9 Å². The second-order valence-electron chi connectivity index (χ2n) is 6.49. The lowest BCUT2D eigenvalue weighted by Crippen LogP contribution is -2.26. The standard InChI is InChI=1S/C22H21BO3.H3N/c1-2-3-13-25-23(24)26-21-10-6-9-16-11-12-19-14-17-7-4-5-8-18(17)15-20(19)22(16)21;/h4-12,14-15,24H,2-3,13H2,1H3;1H3. The summed E-state index contributed by atoms with van der Waals surface area (Å²) in [6.45, 7) is 2.56. The van der Waals surface area contributed by atoms with Crippen molar-refractivity contribution in [2.75, 3.05) is 6.61 Å². The van der Waals surface area contributed by atoms with Crippen LogP contribution in [-0.4, -0.2) is 19.0 Å². The van der Waals surface area contributed by atoms with Crippen LogP contribution in [0, 0.1) is 0 Å². The van der Waals surface area contributed by atoms with E-state index in [2.05, 4.69) is 49.4 Å². The third-order valence-electron chi connectivity index (χ3n) is 4.67. The molecule has 0 bridgehead atoms. The van der Waals surface area contributed by atoms with E-state index in [-0.39, 0.29) is 6.15 Å². The minimum atomic E-state index is -1.26. The van der Waals surface area contributed by atoms with Crippen LogP contribution in [0.3, 0.4) is 0 Å². The number of hydrogen-bond acceptors (Lipinski definition) is 4. The van der Waals surface area contributed by atoms with Gasteiger partial charge in [0.25, 0.3) is 0 Å². The molecule has 0 atom stereocenters. The summed E-state index contributed by atoms with van der Waals surface area (Å²) in [7, 11) is -1.26. The maximum atomic E-state index is 10.1. The first-order chi connectivity index (χ1) is 12.8. The number of fused-ring (bicyclic) bond motifs is 4. The number of hydrogen-bond donors (Lipinski definition) is 2. The van der Waals surface area contributed by atoms with Crippen molar-refractivity contribution in [2.24, 2.45) is 0 Å². The highest BCUT2D eigenvalue weighted by atomic mass is 16.7. The van der Waals surface area contributed by atoms with Gasteiger partial charge >= 0.3 is 7.32 Å². The summed E-state index contributed by atoms with van der Waals surface area (Å²) in [6.07, 6.45) is 1.91. The van der Waals surface area contributed by atoms with E-state index in [1.807, 2.05) is 24.3 Å². The summed E-state index contributed by atoms with van der Waals surface area (Å²) in [4.78, 5) is 0. The topological polar surface area (TPSA) is 73.7 Å². The maximum Gasteiger partial charge on any atom is 0.710 e. The molecule has 0 saturated heterocycles. The van der Waals surface area contributed by atoms with Crippen molar-refractivity contribution in [3.05, 3.63) is 66.7 Å². The lowest BCUT2D eigenvalue weighted by Gasteiger charge is -2.14. The fourth-order valence-corrected chi connectivity index (χ4v) is 3.34. The molecule has 0 aromatic heterocycles.